The van der Waals surface area contributed by atoms with Crippen LogP contribution in [0.3, 0.4) is 0 Å². The second-order valence-corrected chi connectivity index (χ2v) is 9.48. The molecule has 3 heteroatoms. The lowest BCUT2D eigenvalue weighted by Gasteiger charge is -2.19. The fourth-order valence-corrected chi connectivity index (χ4v) is 3.96. The standard InChI is InChI=1S/C28H27N3/c1-18-6-10-20(11-7-18)26-24-17-21-16-22(28(3,4)5)12-15-25(21)29-27(24)31(30-26)23-13-8-19(2)9-14-23/h6-17H,1-5H3. The Bertz CT molecular complexity index is 1400. The van der Waals surface area contributed by atoms with Gasteiger partial charge in [0.1, 0.15) is 5.69 Å². The summed E-state index contributed by atoms with van der Waals surface area (Å²) in [6.45, 7) is 10.9. The molecule has 0 saturated heterocycles. The van der Waals surface area contributed by atoms with E-state index in [0.717, 1.165) is 38.9 Å². The Morgan fingerprint density at radius 2 is 1.39 bits per heavy atom. The van der Waals surface area contributed by atoms with Gasteiger partial charge in [-0.05, 0) is 55.2 Å². The van der Waals surface area contributed by atoms with Gasteiger partial charge in [-0.1, -0.05) is 74.4 Å². The average molecular weight is 406 g/mol. The van der Waals surface area contributed by atoms with Gasteiger partial charge >= 0.3 is 0 Å². The largest absolute Gasteiger partial charge is 0.228 e. The maximum atomic E-state index is 5.06. The molecule has 154 valence electrons. The maximum absolute atomic E-state index is 5.06. The van der Waals surface area contributed by atoms with E-state index in [1.165, 1.54) is 16.7 Å². The number of benzene rings is 3. The van der Waals surface area contributed by atoms with Crippen molar-refractivity contribution in [3.8, 4) is 16.9 Å². The van der Waals surface area contributed by atoms with Crippen LogP contribution in [0.25, 0.3) is 38.9 Å². The smallest absolute Gasteiger partial charge is 0.164 e. The summed E-state index contributed by atoms with van der Waals surface area (Å²) >= 11 is 0. The normalized spacial score (nSPS) is 12.0. The van der Waals surface area contributed by atoms with Crippen LogP contribution in [-0.4, -0.2) is 14.8 Å². The lowest BCUT2D eigenvalue weighted by molar-refractivity contribution is 0.591. The molecule has 0 fully saturated rings. The molecule has 0 aliphatic rings. The van der Waals surface area contributed by atoms with Crippen LogP contribution in [0.15, 0.2) is 72.8 Å². The molecule has 0 saturated carbocycles. The molecular formula is C28H27N3. The van der Waals surface area contributed by atoms with E-state index in [1.54, 1.807) is 0 Å². The van der Waals surface area contributed by atoms with Crippen LogP contribution >= 0.6 is 0 Å². The molecular weight excluding hydrogens is 378 g/mol. The highest BCUT2D eigenvalue weighted by atomic mass is 15.3. The molecule has 0 N–H and O–H groups in total. The van der Waals surface area contributed by atoms with Crippen molar-refractivity contribution < 1.29 is 0 Å². The molecule has 0 aliphatic carbocycles. The first-order valence-corrected chi connectivity index (χ1v) is 10.8. The highest BCUT2D eigenvalue weighted by molar-refractivity contribution is 5.99. The van der Waals surface area contributed by atoms with Crippen LogP contribution in [-0.2, 0) is 5.41 Å². The summed E-state index contributed by atoms with van der Waals surface area (Å²) in [5, 5.41) is 7.26. The first kappa shape index (κ1) is 19.5. The van der Waals surface area contributed by atoms with E-state index in [9.17, 15) is 0 Å². The zero-order chi connectivity index (χ0) is 21.8. The third kappa shape index (κ3) is 3.50. The first-order chi connectivity index (χ1) is 14.8. The molecule has 2 heterocycles. The zero-order valence-corrected chi connectivity index (χ0v) is 18.8. The zero-order valence-electron chi connectivity index (χ0n) is 18.8. The predicted molar refractivity (Wildman–Crippen MR) is 130 cm³/mol. The quantitative estimate of drug-likeness (QED) is 0.312. The average Bonchev–Trinajstić information content (AvgIpc) is 3.10. The summed E-state index contributed by atoms with van der Waals surface area (Å²) in [4.78, 5) is 5.06. The van der Waals surface area contributed by atoms with Gasteiger partial charge in [-0.25, -0.2) is 9.67 Å². The van der Waals surface area contributed by atoms with E-state index < -0.39 is 0 Å². The third-order valence-electron chi connectivity index (χ3n) is 5.92. The summed E-state index contributed by atoms with van der Waals surface area (Å²) in [5.74, 6) is 0. The van der Waals surface area contributed by atoms with Gasteiger partial charge < -0.3 is 0 Å². The van der Waals surface area contributed by atoms with Crippen molar-refractivity contribution >= 4 is 21.9 Å². The van der Waals surface area contributed by atoms with Crippen LogP contribution in [0.2, 0.25) is 0 Å². The molecule has 3 aromatic carbocycles. The second-order valence-electron chi connectivity index (χ2n) is 9.48. The van der Waals surface area contributed by atoms with Gasteiger partial charge in [-0.15, -0.1) is 0 Å². The van der Waals surface area contributed by atoms with E-state index in [0.29, 0.717) is 0 Å². The lowest BCUT2D eigenvalue weighted by Crippen LogP contribution is -2.10. The van der Waals surface area contributed by atoms with Gasteiger partial charge in [-0.3, -0.25) is 0 Å². The number of rotatable bonds is 2. The number of hydrogen-bond donors (Lipinski definition) is 0. The number of aryl methyl sites for hydroxylation is 2. The summed E-state index contributed by atoms with van der Waals surface area (Å²) < 4.78 is 1.97. The monoisotopic (exact) mass is 405 g/mol. The van der Waals surface area contributed by atoms with Crippen LogP contribution in [0, 0.1) is 13.8 Å². The number of hydrogen-bond acceptors (Lipinski definition) is 2. The van der Waals surface area contributed by atoms with E-state index >= 15 is 0 Å². The molecule has 0 atom stereocenters. The molecule has 31 heavy (non-hydrogen) atoms. The lowest BCUT2D eigenvalue weighted by atomic mass is 9.86. The fraction of sp³-hybridized carbons (Fsp3) is 0.214. The van der Waals surface area contributed by atoms with E-state index in [4.69, 9.17) is 10.1 Å². The van der Waals surface area contributed by atoms with Gasteiger partial charge in [0.25, 0.3) is 0 Å². The Balaban J connectivity index is 1.82. The summed E-state index contributed by atoms with van der Waals surface area (Å²) in [5.41, 5.74) is 8.84. The van der Waals surface area contributed by atoms with Crippen LogP contribution in [0.4, 0.5) is 0 Å². The minimum Gasteiger partial charge on any atom is -0.228 e. The minimum atomic E-state index is 0.0923. The maximum Gasteiger partial charge on any atom is 0.164 e. The fourth-order valence-electron chi connectivity index (χ4n) is 3.96. The first-order valence-electron chi connectivity index (χ1n) is 10.8. The van der Waals surface area contributed by atoms with Gasteiger partial charge in [0.2, 0.25) is 0 Å². The van der Waals surface area contributed by atoms with Gasteiger partial charge in [0.05, 0.1) is 11.2 Å². The predicted octanol–water partition coefficient (Wildman–Crippen LogP) is 7.16. The van der Waals surface area contributed by atoms with Crippen molar-refractivity contribution in [3.05, 3.63) is 89.5 Å². The molecule has 0 bridgehead atoms. The Kier molecular flexibility index (Phi) is 4.44. The molecule has 0 aliphatic heterocycles. The van der Waals surface area contributed by atoms with Crippen molar-refractivity contribution in [2.24, 2.45) is 0 Å². The van der Waals surface area contributed by atoms with Crippen molar-refractivity contribution in [1.82, 2.24) is 14.8 Å². The van der Waals surface area contributed by atoms with E-state index in [1.807, 2.05) is 4.68 Å². The Hall–Kier alpha value is -3.46. The molecule has 5 rings (SSSR count). The van der Waals surface area contributed by atoms with Crippen molar-refractivity contribution in [2.45, 2.75) is 40.0 Å². The number of fused-ring (bicyclic) bond motifs is 2. The van der Waals surface area contributed by atoms with Crippen LogP contribution < -0.4 is 0 Å². The van der Waals surface area contributed by atoms with Crippen LogP contribution in [0.1, 0.15) is 37.5 Å². The number of nitrogens with zero attached hydrogens (tertiary/aromatic N) is 3. The topological polar surface area (TPSA) is 30.7 Å². The van der Waals surface area contributed by atoms with Crippen molar-refractivity contribution in [1.29, 1.82) is 0 Å². The second kappa shape index (κ2) is 7.05. The summed E-state index contributed by atoms with van der Waals surface area (Å²) in [6, 6.07) is 25.8. The van der Waals surface area contributed by atoms with E-state index in [2.05, 4.69) is 107 Å². The Morgan fingerprint density at radius 3 is 2.03 bits per heavy atom. The van der Waals surface area contributed by atoms with Gasteiger partial charge in [0, 0.05) is 16.3 Å². The minimum absolute atomic E-state index is 0.0923. The Morgan fingerprint density at radius 1 is 0.742 bits per heavy atom. The van der Waals surface area contributed by atoms with Crippen molar-refractivity contribution in [2.75, 3.05) is 0 Å². The van der Waals surface area contributed by atoms with Gasteiger partial charge in [0.15, 0.2) is 5.65 Å². The SMILES string of the molecule is Cc1ccc(-c2nn(-c3ccc(C)cc3)c3nc4ccc(C(C)(C)C)cc4cc23)cc1. The highest BCUT2D eigenvalue weighted by Gasteiger charge is 2.18. The van der Waals surface area contributed by atoms with Crippen molar-refractivity contribution in [3.63, 3.8) is 0 Å². The van der Waals surface area contributed by atoms with E-state index in [-0.39, 0.29) is 5.41 Å². The summed E-state index contributed by atoms with van der Waals surface area (Å²) in [6.07, 6.45) is 0. The summed E-state index contributed by atoms with van der Waals surface area (Å²) in [7, 11) is 0. The van der Waals surface area contributed by atoms with Crippen LogP contribution in [0.5, 0.6) is 0 Å². The molecule has 5 aromatic rings. The third-order valence-corrected chi connectivity index (χ3v) is 5.92. The molecule has 0 amide bonds. The Labute approximate surface area is 183 Å². The number of pyridine rings is 1. The van der Waals surface area contributed by atoms with Gasteiger partial charge in [-0.2, -0.15) is 5.10 Å². The number of aromatic nitrogens is 3. The molecule has 0 spiro atoms. The molecule has 0 unspecified atom stereocenters. The molecule has 3 nitrogen and oxygen atoms in total. The highest BCUT2D eigenvalue weighted by Crippen LogP contribution is 2.33. The molecule has 0 radical (unpaired) electrons. The molecule has 2 aromatic heterocycles.